The van der Waals surface area contributed by atoms with Gasteiger partial charge in [-0.2, -0.15) is 0 Å². The molecule has 0 saturated heterocycles. The van der Waals surface area contributed by atoms with E-state index in [0.717, 1.165) is 0 Å². The van der Waals surface area contributed by atoms with E-state index < -0.39 is 0 Å². The second kappa shape index (κ2) is 9.26. The Kier molecular flexibility index (Phi) is 23.0. The largest absolute Gasteiger partial charge is 0 e. The minimum atomic E-state index is 0. The van der Waals surface area contributed by atoms with Gasteiger partial charge in [0.2, 0.25) is 0 Å². The predicted octanol–water partition coefficient (Wildman–Crippen LogP) is -1.23. The standard InChI is InChI=1S/I3.Ru/c1-3-2;/q-1;. The maximum atomic E-state index is 2.39. The van der Waals surface area contributed by atoms with Gasteiger partial charge in [-0.05, 0) is 0 Å². The van der Waals surface area contributed by atoms with E-state index in [1.54, 1.807) is 0 Å². The second-order valence-corrected chi connectivity index (χ2v) is 16.3. The first-order valence-electron chi connectivity index (χ1n) is 0.286. The van der Waals surface area contributed by atoms with Gasteiger partial charge in [-0.25, -0.2) is 0 Å². The smallest absolute Gasteiger partial charge is 0 e. The summed E-state index contributed by atoms with van der Waals surface area (Å²) in [4.78, 5) is 0. The zero-order valence-electron chi connectivity index (χ0n) is 1.49. The molecule has 0 atom stereocenters. The molecule has 0 radical (unpaired) electrons. The first kappa shape index (κ1) is 9.94. The maximum Gasteiger partial charge on any atom is 0 e. The van der Waals surface area contributed by atoms with E-state index in [1.807, 2.05) is 0 Å². The van der Waals surface area contributed by atoms with E-state index in [2.05, 4.69) is 37.2 Å². The van der Waals surface area contributed by atoms with E-state index in [-0.39, 0.29) is 19.5 Å². The van der Waals surface area contributed by atoms with Crippen LogP contribution in [0.4, 0.5) is 0 Å². The fourth-order valence-corrected chi connectivity index (χ4v) is 0. The molecule has 0 N–H and O–H groups in total. The van der Waals surface area contributed by atoms with Gasteiger partial charge in [-0.3, -0.25) is 0 Å². The van der Waals surface area contributed by atoms with Gasteiger partial charge < -0.3 is 0 Å². The number of hydrogen-bond acceptors (Lipinski definition) is 0. The van der Waals surface area contributed by atoms with Gasteiger partial charge in [0, 0.05) is 19.5 Å². The molecule has 4 heavy (non-hydrogen) atoms. The van der Waals surface area contributed by atoms with E-state index in [1.165, 1.54) is 0 Å². The molecule has 0 saturated carbocycles. The zero-order chi connectivity index (χ0) is 2.71. The second-order valence-electron chi connectivity index (χ2n) is 0.0540. The zero-order valence-corrected chi connectivity index (χ0v) is 9.70. The van der Waals surface area contributed by atoms with Crippen molar-refractivity contribution in [1.29, 1.82) is 0 Å². The molecule has 0 fully saturated rings. The maximum absolute atomic E-state index is 2.39. The SMILES string of the molecule is I[I-]I.[Ru]. The van der Waals surface area contributed by atoms with Crippen molar-refractivity contribution in [2.24, 2.45) is 0 Å². The fourth-order valence-electron chi connectivity index (χ4n) is 0. The number of halogens is 3. The summed E-state index contributed by atoms with van der Waals surface area (Å²) in [5.74, 6) is 0. The number of rotatable bonds is 0. The Labute approximate surface area is 68.2 Å². The third-order valence-corrected chi connectivity index (χ3v) is 0. The van der Waals surface area contributed by atoms with E-state index in [9.17, 15) is 0 Å². The molecule has 0 aliphatic heterocycles. The van der Waals surface area contributed by atoms with Gasteiger partial charge in [0.1, 0.15) is 0 Å². The minimum Gasteiger partial charge on any atom is 0 e. The summed E-state index contributed by atoms with van der Waals surface area (Å²) in [6.45, 7) is 0. The van der Waals surface area contributed by atoms with E-state index >= 15 is 0 Å². The summed E-state index contributed by atoms with van der Waals surface area (Å²) in [6.07, 6.45) is 0. The van der Waals surface area contributed by atoms with Crippen molar-refractivity contribution in [3.8, 4) is 0 Å². The Morgan fingerprint density at radius 1 is 1.25 bits per heavy atom. The molecule has 0 unspecified atom stereocenters. The molecule has 0 aromatic rings. The number of hydrogen-bond donors (Lipinski definition) is 0. The van der Waals surface area contributed by atoms with Crippen molar-refractivity contribution in [3.05, 3.63) is 0 Å². The summed E-state index contributed by atoms with van der Waals surface area (Å²) in [5, 5.41) is 0. The molecular formula is I3Ru-. The monoisotopic (exact) mass is 483 g/mol. The Bertz CT molecular complexity index is 3.25. The molecule has 30 valence electrons. The van der Waals surface area contributed by atoms with Crippen LogP contribution in [0, 0.1) is 0 Å². The average molecular weight is 482 g/mol. The molecule has 0 aromatic heterocycles. The van der Waals surface area contributed by atoms with Crippen molar-refractivity contribution in [2.75, 3.05) is 0 Å². The van der Waals surface area contributed by atoms with Gasteiger partial charge in [-0.15, -0.1) is 0 Å². The first-order valence-corrected chi connectivity index (χ1v) is 12.9. The fraction of sp³-hybridized carbons (Fsp3) is 0. The van der Waals surface area contributed by atoms with Gasteiger partial charge in [-0.1, -0.05) is 0 Å². The Hall–Kier alpha value is 2.81. The molecule has 0 heterocycles. The van der Waals surface area contributed by atoms with Crippen LogP contribution in [-0.2, 0) is 19.5 Å². The normalized spacial score (nSPS) is 5.50. The van der Waals surface area contributed by atoms with Gasteiger partial charge in [0.15, 0.2) is 0 Å². The van der Waals surface area contributed by atoms with Crippen LogP contribution in [0.15, 0.2) is 0 Å². The molecule has 0 aliphatic rings. The summed E-state index contributed by atoms with van der Waals surface area (Å²) in [5.41, 5.74) is 0. The summed E-state index contributed by atoms with van der Waals surface area (Å²) >= 11 is 5.30. The molecule has 0 aliphatic carbocycles. The summed E-state index contributed by atoms with van der Waals surface area (Å²) < 4.78 is 0. The van der Waals surface area contributed by atoms with Crippen molar-refractivity contribution in [3.63, 3.8) is 0 Å². The van der Waals surface area contributed by atoms with Crippen molar-refractivity contribution in [2.45, 2.75) is 0 Å². The topological polar surface area (TPSA) is 0 Å². The van der Waals surface area contributed by atoms with E-state index in [0.29, 0.717) is 13.3 Å². The van der Waals surface area contributed by atoms with Crippen LogP contribution in [-0.4, -0.2) is 0 Å². The minimum absolute atomic E-state index is 0. The van der Waals surface area contributed by atoms with Crippen molar-refractivity contribution in [1.82, 2.24) is 0 Å². The van der Waals surface area contributed by atoms with Crippen LogP contribution in [0.25, 0.3) is 0 Å². The molecule has 0 rings (SSSR count). The molecule has 0 spiro atoms. The molecular weight excluding hydrogens is 482 g/mol. The van der Waals surface area contributed by atoms with Crippen molar-refractivity contribution >= 4 is 37.2 Å². The third kappa shape index (κ3) is 8.84. The van der Waals surface area contributed by atoms with Crippen LogP contribution >= 0.6 is 37.2 Å². The van der Waals surface area contributed by atoms with Gasteiger partial charge in [0.05, 0.1) is 0 Å². The predicted molar refractivity (Wildman–Crippen MR) is 28.0 cm³/mol. The van der Waals surface area contributed by atoms with E-state index in [4.69, 9.17) is 0 Å². The van der Waals surface area contributed by atoms with Crippen LogP contribution in [0.5, 0.6) is 0 Å². The molecule has 4 heteroatoms. The van der Waals surface area contributed by atoms with Gasteiger partial charge >= 0.3 is 50.5 Å². The molecule has 0 bridgehead atoms. The van der Waals surface area contributed by atoms with Crippen molar-refractivity contribution < 1.29 is 32.7 Å². The molecule has 0 aromatic carbocycles. The summed E-state index contributed by atoms with van der Waals surface area (Å²) in [7, 11) is 0. The Morgan fingerprint density at radius 3 is 1.25 bits per heavy atom. The van der Waals surface area contributed by atoms with Crippen LogP contribution in [0.3, 0.4) is 0 Å². The molecule has 0 amide bonds. The summed E-state index contributed by atoms with van der Waals surface area (Å²) in [6, 6.07) is 0. The van der Waals surface area contributed by atoms with Crippen LogP contribution in [0.1, 0.15) is 0 Å². The third-order valence-electron chi connectivity index (χ3n) is 0. The average Bonchev–Trinajstić information content (AvgIpc) is 0.918. The van der Waals surface area contributed by atoms with Crippen LogP contribution in [0.2, 0.25) is 0 Å². The quantitative estimate of drug-likeness (QED) is 0.300. The van der Waals surface area contributed by atoms with Gasteiger partial charge in [0.25, 0.3) is 0 Å². The Balaban J connectivity index is 0. The first-order chi connectivity index (χ1) is 1.41. The van der Waals surface area contributed by atoms with Crippen LogP contribution < -0.4 is 13.3 Å². The molecule has 0 nitrogen and oxygen atoms in total. The Morgan fingerprint density at radius 2 is 1.25 bits per heavy atom.